The number of nitrogens with one attached hydrogen (secondary N) is 1. The van der Waals surface area contributed by atoms with Crippen LogP contribution in [0, 0.1) is 0 Å². The number of carbonyl (C=O) groups is 3. The second-order valence-corrected chi connectivity index (χ2v) is 9.24. The van der Waals surface area contributed by atoms with Gasteiger partial charge in [0.1, 0.15) is 11.6 Å². The largest absolute Gasteiger partial charge is 0.337 e. The van der Waals surface area contributed by atoms with Crippen molar-refractivity contribution in [2.45, 2.75) is 12.1 Å². The molecule has 1 fully saturated rings. The second kappa shape index (κ2) is 8.72. The highest BCUT2D eigenvalue weighted by Gasteiger charge is 2.54. The molecule has 1 N–H and O–H groups in total. The molecular weight excluding hydrogens is 448 g/mol. The van der Waals surface area contributed by atoms with Gasteiger partial charge in [-0.15, -0.1) is 11.3 Å². The number of rotatable bonds is 6. The van der Waals surface area contributed by atoms with Crippen LogP contribution in [-0.4, -0.2) is 46.2 Å². The Morgan fingerprint density at radius 3 is 2.15 bits per heavy atom. The van der Waals surface area contributed by atoms with E-state index in [4.69, 9.17) is 0 Å². The fraction of sp³-hybridized carbons (Fsp3) is 0.154. The molecule has 0 saturated carbocycles. The minimum atomic E-state index is -1.38. The molecule has 170 valence electrons. The topological polar surface area (TPSA) is 82.6 Å². The van der Waals surface area contributed by atoms with Crippen molar-refractivity contribution in [2.24, 2.45) is 0 Å². The average molecular weight is 471 g/mol. The number of hydrogen-bond donors (Lipinski definition) is 1. The Balaban J connectivity index is 1.39. The van der Waals surface area contributed by atoms with Crippen LogP contribution in [0.2, 0.25) is 0 Å². The van der Waals surface area contributed by atoms with E-state index in [1.807, 2.05) is 60.7 Å². The van der Waals surface area contributed by atoms with Crippen molar-refractivity contribution in [1.82, 2.24) is 20.1 Å². The van der Waals surface area contributed by atoms with Crippen molar-refractivity contribution >= 4 is 39.4 Å². The highest BCUT2D eigenvalue weighted by Crippen LogP contribution is 2.36. The van der Waals surface area contributed by atoms with Crippen LogP contribution in [0.3, 0.4) is 0 Å². The van der Waals surface area contributed by atoms with Gasteiger partial charge in [-0.3, -0.25) is 14.5 Å². The van der Waals surface area contributed by atoms with Crippen LogP contribution in [-0.2, 0) is 21.7 Å². The lowest BCUT2D eigenvalue weighted by Crippen LogP contribution is -2.46. The van der Waals surface area contributed by atoms with Crippen molar-refractivity contribution in [2.75, 3.05) is 13.6 Å². The smallest absolute Gasteiger partial charge is 0.326 e. The van der Waals surface area contributed by atoms with Crippen LogP contribution in [0.15, 0.2) is 84.9 Å². The van der Waals surface area contributed by atoms with E-state index in [2.05, 4.69) is 10.3 Å². The van der Waals surface area contributed by atoms with E-state index in [1.165, 1.54) is 16.2 Å². The lowest BCUT2D eigenvalue weighted by atomic mass is 9.82. The third-order valence-corrected chi connectivity index (χ3v) is 6.97. The first kappa shape index (κ1) is 21.8. The number of amides is 4. The summed E-state index contributed by atoms with van der Waals surface area (Å²) in [5.74, 6) is -0.823. The minimum absolute atomic E-state index is 0.296. The molecule has 0 atom stereocenters. The molecule has 1 saturated heterocycles. The van der Waals surface area contributed by atoms with Crippen molar-refractivity contribution in [3.8, 4) is 0 Å². The molecule has 1 aliphatic rings. The predicted octanol–water partition coefficient (Wildman–Crippen LogP) is 3.75. The molecule has 4 aromatic rings. The summed E-state index contributed by atoms with van der Waals surface area (Å²) >= 11 is 1.52. The first-order valence-corrected chi connectivity index (χ1v) is 11.6. The first-order valence-electron chi connectivity index (χ1n) is 10.8. The second-order valence-electron chi connectivity index (χ2n) is 8.13. The highest BCUT2D eigenvalue weighted by atomic mass is 32.1. The van der Waals surface area contributed by atoms with Gasteiger partial charge >= 0.3 is 6.03 Å². The van der Waals surface area contributed by atoms with Crippen molar-refractivity contribution in [3.63, 3.8) is 0 Å². The van der Waals surface area contributed by atoms with Crippen LogP contribution >= 0.6 is 11.3 Å². The maximum atomic E-state index is 13.7. The fourth-order valence-electron chi connectivity index (χ4n) is 4.19. The SMILES string of the molecule is CN(Cc1nc2ccccc2s1)C(=O)CN1C(=O)NC(c2ccccc2)(c2ccccc2)C1=O. The zero-order chi connectivity index (χ0) is 23.7. The van der Waals surface area contributed by atoms with E-state index >= 15 is 0 Å². The highest BCUT2D eigenvalue weighted by molar-refractivity contribution is 7.18. The van der Waals surface area contributed by atoms with Gasteiger partial charge in [0, 0.05) is 7.05 Å². The van der Waals surface area contributed by atoms with Crippen LogP contribution in [0.5, 0.6) is 0 Å². The van der Waals surface area contributed by atoms with Gasteiger partial charge in [0.25, 0.3) is 5.91 Å². The van der Waals surface area contributed by atoms with Crippen molar-refractivity contribution in [1.29, 1.82) is 0 Å². The number of aromatic nitrogens is 1. The third kappa shape index (κ3) is 3.72. The summed E-state index contributed by atoms with van der Waals surface area (Å²) in [6, 6.07) is 25.4. The van der Waals surface area contributed by atoms with Gasteiger partial charge in [-0.1, -0.05) is 72.8 Å². The standard InChI is InChI=1S/C26H22N4O3S/c1-29(16-22-27-20-14-8-9-15-21(20)34-22)23(31)17-30-24(32)26(28-25(30)33,18-10-4-2-5-11-18)19-12-6-3-7-13-19/h2-15H,16-17H2,1H3,(H,28,33). The van der Waals surface area contributed by atoms with E-state index in [-0.39, 0.29) is 12.5 Å². The van der Waals surface area contributed by atoms with E-state index in [0.29, 0.717) is 17.7 Å². The summed E-state index contributed by atoms with van der Waals surface area (Å²) in [7, 11) is 1.65. The number of benzene rings is 3. The molecule has 0 aliphatic carbocycles. The zero-order valence-corrected chi connectivity index (χ0v) is 19.3. The fourth-order valence-corrected chi connectivity index (χ4v) is 5.21. The maximum Gasteiger partial charge on any atom is 0.326 e. The molecule has 3 aromatic carbocycles. The van der Waals surface area contributed by atoms with Gasteiger partial charge in [-0.2, -0.15) is 0 Å². The van der Waals surface area contributed by atoms with E-state index < -0.39 is 17.5 Å². The number of likely N-dealkylation sites (N-methyl/N-ethyl adjacent to an activating group) is 1. The van der Waals surface area contributed by atoms with Gasteiger partial charge in [0.15, 0.2) is 5.54 Å². The number of imide groups is 1. The Kier molecular flexibility index (Phi) is 5.59. The van der Waals surface area contributed by atoms with Gasteiger partial charge in [0.05, 0.1) is 16.8 Å². The number of fused-ring (bicyclic) bond motifs is 1. The average Bonchev–Trinajstić information content (AvgIpc) is 3.38. The summed E-state index contributed by atoms with van der Waals surface area (Å²) in [4.78, 5) is 46.8. The Morgan fingerprint density at radius 2 is 1.53 bits per heavy atom. The summed E-state index contributed by atoms with van der Waals surface area (Å²) < 4.78 is 1.04. The molecule has 1 aliphatic heterocycles. The lowest BCUT2D eigenvalue weighted by molar-refractivity contribution is -0.138. The van der Waals surface area contributed by atoms with Gasteiger partial charge in [-0.05, 0) is 23.3 Å². The van der Waals surface area contributed by atoms with Crippen molar-refractivity contribution < 1.29 is 14.4 Å². The normalized spacial score (nSPS) is 14.9. The van der Waals surface area contributed by atoms with Crippen LogP contribution in [0.4, 0.5) is 4.79 Å². The quantitative estimate of drug-likeness (QED) is 0.435. The molecule has 0 bridgehead atoms. The number of hydrogen-bond acceptors (Lipinski definition) is 5. The van der Waals surface area contributed by atoms with Gasteiger partial charge in [0.2, 0.25) is 5.91 Å². The third-order valence-electron chi connectivity index (χ3n) is 5.95. The molecule has 0 unspecified atom stereocenters. The molecule has 0 radical (unpaired) electrons. The molecule has 0 spiro atoms. The maximum absolute atomic E-state index is 13.7. The Labute approximate surface area is 200 Å². The first-order chi connectivity index (χ1) is 16.5. The van der Waals surface area contributed by atoms with Crippen molar-refractivity contribution in [3.05, 3.63) is 101 Å². The molecule has 2 heterocycles. The van der Waals surface area contributed by atoms with Gasteiger partial charge in [-0.25, -0.2) is 9.78 Å². The molecule has 5 rings (SSSR count). The minimum Gasteiger partial charge on any atom is -0.337 e. The predicted molar refractivity (Wildman–Crippen MR) is 130 cm³/mol. The summed E-state index contributed by atoms with van der Waals surface area (Å²) in [5, 5.41) is 3.66. The Hall–Kier alpha value is -4.04. The van der Waals surface area contributed by atoms with E-state index in [9.17, 15) is 14.4 Å². The number of urea groups is 1. The van der Waals surface area contributed by atoms with Crippen LogP contribution in [0.1, 0.15) is 16.1 Å². The number of thiazole rings is 1. The number of carbonyl (C=O) groups excluding carboxylic acids is 3. The van der Waals surface area contributed by atoms with E-state index in [0.717, 1.165) is 20.1 Å². The monoisotopic (exact) mass is 470 g/mol. The molecule has 1 aromatic heterocycles. The Bertz CT molecular complexity index is 1300. The molecular formula is C26H22N4O3S. The summed E-state index contributed by atoms with van der Waals surface area (Å²) in [6.45, 7) is -0.0577. The molecule has 7 nitrogen and oxygen atoms in total. The van der Waals surface area contributed by atoms with E-state index in [1.54, 1.807) is 31.3 Å². The summed E-state index contributed by atoms with van der Waals surface area (Å²) in [5.41, 5.74) is 0.772. The number of para-hydroxylation sites is 1. The lowest BCUT2D eigenvalue weighted by Gasteiger charge is -2.28. The van der Waals surface area contributed by atoms with Crippen LogP contribution < -0.4 is 5.32 Å². The molecule has 34 heavy (non-hydrogen) atoms. The molecule has 4 amide bonds. The summed E-state index contributed by atoms with van der Waals surface area (Å²) in [6.07, 6.45) is 0. The zero-order valence-electron chi connectivity index (χ0n) is 18.5. The van der Waals surface area contributed by atoms with Gasteiger partial charge < -0.3 is 10.2 Å². The molecule has 8 heteroatoms. The van der Waals surface area contributed by atoms with Crippen LogP contribution in [0.25, 0.3) is 10.2 Å². The Morgan fingerprint density at radius 1 is 0.941 bits per heavy atom. The number of nitrogens with zero attached hydrogens (tertiary/aromatic N) is 3.